The van der Waals surface area contributed by atoms with Crippen LogP contribution in [-0.4, -0.2) is 4.98 Å². The Hall–Kier alpha value is -1.04. The highest BCUT2D eigenvalue weighted by Gasteiger charge is 2.13. The summed E-state index contributed by atoms with van der Waals surface area (Å²) in [5.41, 5.74) is 1.66. The monoisotopic (exact) mass is 331 g/mol. The van der Waals surface area contributed by atoms with Crippen molar-refractivity contribution < 1.29 is 8.78 Å². The number of nitrogens with zero attached hydrogens (tertiary/aromatic N) is 1. The molecule has 0 amide bonds. The average molecular weight is 331 g/mol. The van der Waals surface area contributed by atoms with Gasteiger partial charge in [-0.1, -0.05) is 6.07 Å². The van der Waals surface area contributed by atoms with Crippen molar-refractivity contribution in [1.29, 1.82) is 0 Å². The lowest BCUT2D eigenvalue weighted by atomic mass is 10.1. The van der Waals surface area contributed by atoms with Gasteiger partial charge < -0.3 is 0 Å². The van der Waals surface area contributed by atoms with Gasteiger partial charge in [-0.15, -0.1) is 0 Å². The fraction of sp³-hybridized carbons (Fsp3) is 0.0833. The van der Waals surface area contributed by atoms with E-state index in [1.165, 1.54) is 12.1 Å². The van der Waals surface area contributed by atoms with Crippen LogP contribution in [0.25, 0.3) is 11.3 Å². The van der Waals surface area contributed by atoms with Gasteiger partial charge in [-0.3, -0.25) is 4.98 Å². The van der Waals surface area contributed by atoms with Crippen LogP contribution in [0.1, 0.15) is 5.56 Å². The minimum Gasteiger partial charge on any atom is -0.255 e. The van der Waals surface area contributed by atoms with Crippen molar-refractivity contribution in [2.24, 2.45) is 0 Å². The lowest BCUT2D eigenvalue weighted by molar-refractivity contribution is 0.511. The van der Waals surface area contributed by atoms with Gasteiger partial charge in [-0.25, -0.2) is 8.78 Å². The van der Waals surface area contributed by atoms with Crippen molar-refractivity contribution >= 4 is 22.6 Å². The standard InChI is InChI=1S/C12H8F2IN/c1-7-5-10(15)12(16-6-7)8-3-2-4-9(13)11(8)14/h2-6H,1H3. The van der Waals surface area contributed by atoms with Gasteiger partial charge in [0, 0.05) is 15.3 Å². The second-order valence-corrected chi connectivity index (χ2v) is 4.61. The smallest absolute Gasteiger partial charge is 0.168 e. The zero-order valence-corrected chi connectivity index (χ0v) is 10.6. The first-order chi connectivity index (χ1) is 7.59. The Morgan fingerprint density at radius 3 is 2.69 bits per heavy atom. The summed E-state index contributed by atoms with van der Waals surface area (Å²) in [6, 6.07) is 5.98. The van der Waals surface area contributed by atoms with Crippen molar-refractivity contribution in [3.63, 3.8) is 0 Å². The number of aryl methyl sites for hydroxylation is 1. The molecule has 82 valence electrons. The van der Waals surface area contributed by atoms with Gasteiger partial charge in [0.2, 0.25) is 0 Å². The molecular weight excluding hydrogens is 323 g/mol. The second-order valence-electron chi connectivity index (χ2n) is 3.44. The maximum atomic E-state index is 13.5. The Labute approximate surface area is 106 Å². The third kappa shape index (κ3) is 2.07. The summed E-state index contributed by atoms with van der Waals surface area (Å²) in [6.07, 6.45) is 1.64. The van der Waals surface area contributed by atoms with Crippen LogP contribution in [0.4, 0.5) is 8.78 Å². The minimum atomic E-state index is -0.851. The van der Waals surface area contributed by atoms with Crippen molar-refractivity contribution in [1.82, 2.24) is 4.98 Å². The molecule has 0 saturated carbocycles. The van der Waals surface area contributed by atoms with Crippen LogP contribution in [0.5, 0.6) is 0 Å². The molecule has 16 heavy (non-hydrogen) atoms. The summed E-state index contributed by atoms with van der Waals surface area (Å²) in [7, 11) is 0. The number of hydrogen-bond acceptors (Lipinski definition) is 1. The third-order valence-corrected chi connectivity index (χ3v) is 3.01. The maximum Gasteiger partial charge on any atom is 0.168 e. The van der Waals surface area contributed by atoms with Crippen molar-refractivity contribution in [2.45, 2.75) is 6.92 Å². The highest BCUT2D eigenvalue weighted by Crippen LogP contribution is 2.27. The minimum absolute atomic E-state index is 0.199. The number of rotatable bonds is 1. The lowest BCUT2D eigenvalue weighted by Crippen LogP contribution is -1.94. The van der Waals surface area contributed by atoms with Crippen LogP contribution in [-0.2, 0) is 0 Å². The molecule has 0 radical (unpaired) electrons. The van der Waals surface area contributed by atoms with Gasteiger partial charge in [0.1, 0.15) is 0 Å². The molecule has 1 aromatic carbocycles. The van der Waals surface area contributed by atoms with Gasteiger partial charge in [-0.05, 0) is 53.3 Å². The number of halogens is 3. The van der Waals surface area contributed by atoms with E-state index in [9.17, 15) is 8.78 Å². The first-order valence-electron chi connectivity index (χ1n) is 4.66. The van der Waals surface area contributed by atoms with E-state index in [0.717, 1.165) is 15.2 Å². The molecule has 4 heteroatoms. The quantitative estimate of drug-likeness (QED) is 0.722. The Morgan fingerprint density at radius 2 is 2.00 bits per heavy atom. The maximum absolute atomic E-state index is 13.5. The SMILES string of the molecule is Cc1cnc(-c2cccc(F)c2F)c(I)c1. The predicted molar refractivity (Wildman–Crippen MR) is 67.0 cm³/mol. The van der Waals surface area contributed by atoms with E-state index in [1.807, 2.05) is 13.0 Å². The van der Waals surface area contributed by atoms with Crippen LogP contribution >= 0.6 is 22.6 Å². The van der Waals surface area contributed by atoms with Crippen molar-refractivity contribution in [3.8, 4) is 11.3 Å². The molecule has 0 saturated heterocycles. The Bertz CT molecular complexity index is 541. The largest absolute Gasteiger partial charge is 0.255 e. The van der Waals surface area contributed by atoms with E-state index in [1.54, 1.807) is 6.20 Å². The van der Waals surface area contributed by atoms with E-state index < -0.39 is 11.6 Å². The van der Waals surface area contributed by atoms with Crippen LogP contribution in [0.3, 0.4) is 0 Å². The molecule has 0 unspecified atom stereocenters. The molecule has 0 spiro atoms. The fourth-order valence-corrected chi connectivity index (χ4v) is 2.34. The van der Waals surface area contributed by atoms with Crippen LogP contribution < -0.4 is 0 Å². The van der Waals surface area contributed by atoms with E-state index in [-0.39, 0.29) is 5.56 Å². The molecule has 0 aliphatic carbocycles. The normalized spacial score (nSPS) is 10.5. The number of hydrogen-bond donors (Lipinski definition) is 0. The Kier molecular flexibility index (Phi) is 3.18. The van der Waals surface area contributed by atoms with E-state index in [2.05, 4.69) is 27.6 Å². The summed E-state index contributed by atoms with van der Waals surface area (Å²) in [4.78, 5) is 4.14. The molecule has 0 fully saturated rings. The number of pyridine rings is 1. The molecule has 0 atom stereocenters. The van der Waals surface area contributed by atoms with Crippen LogP contribution in [0.15, 0.2) is 30.5 Å². The molecule has 1 aromatic heterocycles. The average Bonchev–Trinajstić information content (AvgIpc) is 2.23. The van der Waals surface area contributed by atoms with Gasteiger partial charge in [0.15, 0.2) is 11.6 Å². The first-order valence-corrected chi connectivity index (χ1v) is 5.74. The molecule has 0 bridgehead atoms. The van der Waals surface area contributed by atoms with Gasteiger partial charge in [0.05, 0.1) is 5.69 Å². The van der Waals surface area contributed by atoms with Gasteiger partial charge in [-0.2, -0.15) is 0 Å². The number of aromatic nitrogens is 1. The van der Waals surface area contributed by atoms with E-state index in [0.29, 0.717) is 5.69 Å². The molecule has 0 N–H and O–H groups in total. The Balaban J connectivity index is 2.63. The summed E-state index contributed by atoms with van der Waals surface area (Å²) in [5.74, 6) is -1.70. The summed E-state index contributed by atoms with van der Waals surface area (Å²) < 4.78 is 27.4. The van der Waals surface area contributed by atoms with Crippen LogP contribution in [0.2, 0.25) is 0 Å². The van der Waals surface area contributed by atoms with Gasteiger partial charge in [0.25, 0.3) is 0 Å². The van der Waals surface area contributed by atoms with E-state index in [4.69, 9.17) is 0 Å². The Morgan fingerprint density at radius 1 is 1.25 bits per heavy atom. The highest BCUT2D eigenvalue weighted by atomic mass is 127. The summed E-state index contributed by atoms with van der Waals surface area (Å²) in [6.45, 7) is 1.90. The summed E-state index contributed by atoms with van der Waals surface area (Å²) >= 11 is 2.07. The second kappa shape index (κ2) is 4.45. The molecule has 2 rings (SSSR count). The van der Waals surface area contributed by atoms with Crippen molar-refractivity contribution in [3.05, 3.63) is 51.2 Å². The van der Waals surface area contributed by atoms with E-state index >= 15 is 0 Å². The topological polar surface area (TPSA) is 12.9 Å². The molecule has 2 aromatic rings. The zero-order valence-electron chi connectivity index (χ0n) is 8.47. The van der Waals surface area contributed by atoms with Crippen molar-refractivity contribution in [2.75, 3.05) is 0 Å². The molecule has 0 aliphatic rings. The predicted octanol–water partition coefficient (Wildman–Crippen LogP) is 3.94. The van der Waals surface area contributed by atoms with Gasteiger partial charge >= 0.3 is 0 Å². The molecule has 1 nitrogen and oxygen atoms in total. The first kappa shape index (κ1) is 11.4. The molecule has 1 heterocycles. The molecular formula is C12H8F2IN. The molecule has 0 aliphatic heterocycles. The highest BCUT2D eigenvalue weighted by molar-refractivity contribution is 14.1. The van der Waals surface area contributed by atoms with Crippen LogP contribution in [0, 0.1) is 22.1 Å². The number of benzene rings is 1. The summed E-state index contributed by atoms with van der Waals surface area (Å²) in [5, 5.41) is 0. The zero-order chi connectivity index (χ0) is 11.7. The lowest BCUT2D eigenvalue weighted by Gasteiger charge is -2.06. The third-order valence-electron chi connectivity index (χ3n) is 2.18. The fourth-order valence-electron chi connectivity index (χ4n) is 1.42.